The zero-order chi connectivity index (χ0) is 15.7. The summed E-state index contributed by atoms with van der Waals surface area (Å²) in [5.41, 5.74) is 0.888. The Hall–Kier alpha value is -2.28. The number of hydrogen-bond acceptors (Lipinski definition) is 5. The quantitative estimate of drug-likeness (QED) is 0.878. The van der Waals surface area contributed by atoms with Crippen LogP contribution in [0.15, 0.2) is 23.6 Å². The average molecular weight is 320 g/mol. The Bertz CT molecular complexity index is 740. The Balaban J connectivity index is 1.74. The fraction of sp³-hybridized carbons (Fsp3) is 0.267. The first-order valence-electron chi connectivity index (χ1n) is 6.73. The van der Waals surface area contributed by atoms with Gasteiger partial charge in [0, 0.05) is 11.3 Å². The van der Waals surface area contributed by atoms with Gasteiger partial charge in [0.25, 0.3) is 5.91 Å². The largest absolute Gasteiger partial charge is 0.465 e. The van der Waals surface area contributed by atoms with Crippen LogP contribution >= 0.6 is 11.3 Å². The van der Waals surface area contributed by atoms with Crippen molar-refractivity contribution in [3.8, 4) is 0 Å². The summed E-state index contributed by atoms with van der Waals surface area (Å²) in [6.45, 7) is 0. The molecular weight excluding hydrogens is 307 g/mol. The number of nitrogens with zero attached hydrogens (tertiary/aromatic N) is 1. The molecule has 0 saturated heterocycles. The maximum atomic E-state index is 14.0. The molecule has 114 valence electrons. The average Bonchev–Trinajstić information content (AvgIpc) is 3.26. The molecule has 2 aromatic rings. The minimum atomic E-state index is -0.778. The fourth-order valence-electron chi connectivity index (χ4n) is 2.02. The molecular formula is C15H13FN2O3S. The van der Waals surface area contributed by atoms with E-state index in [1.807, 2.05) is 5.38 Å². The van der Waals surface area contributed by atoms with Crippen LogP contribution in [0.1, 0.15) is 45.2 Å². The van der Waals surface area contributed by atoms with E-state index in [1.54, 1.807) is 0 Å². The number of benzene rings is 1. The van der Waals surface area contributed by atoms with E-state index in [2.05, 4.69) is 15.0 Å². The second-order valence-corrected chi connectivity index (χ2v) is 5.85. The predicted molar refractivity (Wildman–Crippen MR) is 79.8 cm³/mol. The van der Waals surface area contributed by atoms with Crippen molar-refractivity contribution < 1.29 is 18.7 Å². The first-order valence-corrected chi connectivity index (χ1v) is 7.61. The number of amides is 1. The summed E-state index contributed by atoms with van der Waals surface area (Å²) in [5, 5.41) is 4.93. The number of ether oxygens (including phenoxy) is 1. The van der Waals surface area contributed by atoms with Gasteiger partial charge in [-0.15, -0.1) is 11.3 Å². The Kier molecular flexibility index (Phi) is 3.89. The number of nitrogens with one attached hydrogen (secondary N) is 1. The molecule has 1 aliphatic carbocycles. The van der Waals surface area contributed by atoms with Crippen LogP contribution in [0, 0.1) is 5.82 Å². The SMILES string of the molecule is COC(=O)c1ccc(C(=O)Nc2nc(C3CC3)cs2)c(F)c1. The van der Waals surface area contributed by atoms with Crippen molar-refractivity contribution in [3.05, 3.63) is 46.2 Å². The molecule has 1 heterocycles. The lowest BCUT2D eigenvalue weighted by Crippen LogP contribution is -2.14. The van der Waals surface area contributed by atoms with Crippen molar-refractivity contribution in [2.24, 2.45) is 0 Å². The highest BCUT2D eigenvalue weighted by Gasteiger charge is 2.26. The van der Waals surface area contributed by atoms with Crippen LogP contribution in [0.2, 0.25) is 0 Å². The third kappa shape index (κ3) is 2.99. The van der Waals surface area contributed by atoms with Crippen molar-refractivity contribution in [1.82, 2.24) is 4.98 Å². The molecule has 0 spiro atoms. The number of carbonyl (C=O) groups excluding carboxylic acids is 2. The Labute approximate surface area is 130 Å². The molecule has 1 aromatic carbocycles. The highest BCUT2D eigenvalue weighted by atomic mass is 32.1. The summed E-state index contributed by atoms with van der Waals surface area (Å²) in [6, 6.07) is 3.59. The first kappa shape index (κ1) is 14.6. The Morgan fingerprint density at radius 1 is 1.41 bits per heavy atom. The predicted octanol–water partition coefficient (Wildman–Crippen LogP) is 3.20. The molecule has 5 nitrogen and oxygen atoms in total. The van der Waals surface area contributed by atoms with Gasteiger partial charge >= 0.3 is 5.97 Å². The van der Waals surface area contributed by atoms with Crippen LogP contribution in [0.5, 0.6) is 0 Å². The first-order chi connectivity index (χ1) is 10.6. The van der Waals surface area contributed by atoms with E-state index in [9.17, 15) is 14.0 Å². The summed E-state index contributed by atoms with van der Waals surface area (Å²) in [4.78, 5) is 27.7. The maximum Gasteiger partial charge on any atom is 0.337 e. The van der Waals surface area contributed by atoms with Crippen molar-refractivity contribution in [2.45, 2.75) is 18.8 Å². The molecule has 0 bridgehead atoms. The van der Waals surface area contributed by atoms with E-state index in [4.69, 9.17) is 0 Å². The monoisotopic (exact) mass is 320 g/mol. The summed E-state index contributed by atoms with van der Waals surface area (Å²) in [7, 11) is 1.21. The number of methoxy groups -OCH3 is 1. The van der Waals surface area contributed by atoms with Gasteiger partial charge in [-0.3, -0.25) is 10.1 Å². The molecule has 1 aromatic heterocycles. The van der Waals surface area contributed by atoms with Gasteiger partial charge in [-0.25, -0.2) is 14.2 Å². The summed E-state index contributed by atoms with van der Waals surface area (Å²) >= 11 is 1.32. The van der Waals surface area contributed by atoms with Gasteiger partial charge in [0.2, 0.25) is 0 Å². The number of halogens is 1. The van der Waals surface area contributed by atoms with Crippen molar-refractivity contribution >= 4 is 28.3 Å². The Morgan fingerprint density at radius 3 is 2.82 bits per heavy atom. The van der Waals surface area contributed by atoms with Gasteiger partial charge < -0.3 is 4.74 Å². The number of hydrogen-bond donors (Lipinski definition) is 1. The fourth-order valence-corrected chi connectivity index (χ4v) is 2.81. The number of aromatic nitrogens is 1. The molecule has 3 rings (SSSR count). The zero-order valence-corrected chi connectivity index (χ0v) is 12.6. The van der Waals surface area contributed by atoms with Crippen molar-refractivity contribution in [1.29, 1.82) is 0 Å². The molecule has 0 radical (unpaired) electrons. The molecule has 0 aliphatic heterocycles. The molecule has 1 N–H and O–H groups in total. The molecule has 1 fully saturated rings. The highest BCUT2D eigenvalue weighted by Crippen LogP contribution is 2.40. The standard InChI is InChI=1S/C15H13FN2O3S/c1-21-14(20)9-4-5-10(11(16)6-9)13(19)18-15-17-12(7-22-15)8-2-3-8/h4-8H,2-3H2,1H3,(H,17,18,19). The third-order valence-electron chi connectivity index (χ3n) is 3.37. The minimum absolute atomic E-state index is 0.0572. The van der Waals surface area contributed by atoms with Crippen LogP contribution in [0.3, 0.4) is 0 Å². The molecule has 1 saturated carbocycles. The molecule has 1 amide bonds. The number of thiazole rings is 1. The van der Waals surface area contributed by atoms with E-state index >= 15 is 0 Å². The van der Waals surface area contributed by atoms with E-state index in [0.29, 0.717) is 11.0 Å². The smallest absolute Gasteiger partial charge is 0.337 e. The van der Waals surface area contributed by atoms with Crippen molar-refractivity contribution in [2.75, 3.05) is 12.4 Å². The topological polar surface area (TPSA) is 68.3 Å². The Morgan fingerprint density at radius 2 is 2.18 bits per heavy atom. The van der Waals surface area contributed by atoms with E-state index in [-0.39, 0.29) is 11.1 Å². The lowest BCUT2D eigenvalue weighted by atomic mass is 10.1. The maximum absolute atomic E-state index is 14.0. The number of esters is 1. The van der Waals surface area contributed by atoms with Crippen LogP contribution < -0.4 is 5.32 Å². The summed E-state index contributed by atoms with van der Waals surface area (Å²) in [6.07, 6.45) is 2.25. The zero-order valence-electron chi connectivity index (χ0n) is 11.8. The summed E-state index contributed by atoms with van der Waals surface area (Å²) < 4.78 is 18.5. The van der Waals surface area contributed by atoms with E-state index < -0.39 is 17.7 Å². The van der Waals surface area contributed by atoms with E-state index in [0.717, 1.165) is 24.6 Å². The summed E-state index contributed by atoms with van der Waals surface area (Å²) in [5.74, 6) is -1.53. The minimum Gasteiger partial charge on any atom is -0.465 e. The van der Waals surface area contributed by atoms with Gasteiger partial charge in [0.15, 0.2) is 5.13 Å². The highest BCUT2D eigenvalue weighted by molar-refractivity contribution is 7.14. The van der Waals surface area contributed by atoms with Gasteiger partial charge in [0.05, 0.1) is 23.9 Å². The van der Waals surface area contributed by atoms with Gasteiger partial charge in [-0.2, -0.15) is 0 Å². The molecule has 7 heteroatoms. The van der Waals surface area contributed by atoms with Crippen LogP contribution in [-0.2, 0) is 4.74 Å². The number of rotatable bonds is 4. The normalized spacial score (nSPS) is 13.7. The second kappa shape index (κ2) is 5.84. The van der Waals surface area contributed by atoms with Gasteiger partial charge in [0.1, 0.15) is 5.82 Å². The van der Waals surface area contributed by atoms with Crippen LogP contribution in [0.4, 0.5) is 9.52 Å². The van der Waals surface area contributed by atoms with Gasteiger partial charge in [-0.05, 0) is 31.0 Å². The molecule has 0 atom stereocenters. The van der Waals surface area contributed by atoms with E-state index in [1.165, 1.54) is 30.6 Å². The molecule has 1 aliphatic rings. The third-order valence-corrected chi connectivity index (χ3v) is 4.15. The lowest BCUT2D eigenvalue weighted by molar-refractivity contribution is 0.0599. The second-order valence-electron chi connectivity index (χ2n) is 4.99. The van der Waals surface area contributed by atoms with Crippen molar-refractivity contribution in [3.63, 3.8) is 0 Å². The number of anilines is 1. The van der Waals surface area contributed by atoms with Crippen LogP contribution in [0.25, 0.3) is 0 Å². The molecule has 0 unspecified atom stereocenters. The number of carbonyl (C=O) groups is 2. The molecule has 22 heavy (non-hydrogen) atoms. The van der Waals surface area contributed by atoms with Crippen LogP contribution in [-0.4, -0.2) is 24.0 Å². The lowest BCUT2D eigenvalue weighted by Gasteiger charge is -2.05. The van der Waals surface area contributed by atoms with Gasteiger partial charge in [-0.1, -0.05) is 0 Å².